The van der Waals surface area contributed by atoms with E-state index in [0.29, 0.717) is 16.9 Å². The number of nitrogens with zero attached hydrogens (tertiary/aromatic N) is 1. The summed E-state index contributed by atoms with van der Waals surface area (Å²) in [6, 6.07) is 4.18. The summed E-state index contributed by atoms with van der Waals surface area (Å²) >= 11 is 6.24. The first kappa shape index (κ1) is 12.1. The van der Waals surface area contributed by atoms with Gasteiger partial charge in [0.25, 0.3) is 0 Å². The van der Waals surface area contributed by atoms with Crippen LogP contribution in [0, 0.1) is 5.92 Å². The number of methoxy groups -OCH3 is 1. The highest BCUT2D eigenvalue weighted by Crippen LogP contribution is 2.44. The maximum absolute atomic E-state index is 6.24. The molecule has 0 spiro atoms. The number of nitrogens with one attached hydrogen (secondary N) is 1. The molecule has 0 aromatic heterocycles. The van der Waals surface area contributed by atoms with Crippen LogP contribution in [-0.4, -0.2) is 33.8 Å². The van der Waals surface area contributed by atoms with E-state index in [4.69, 9.17) is 16.3 Å². The fourth-order valence-electron chi connectivity index (χ4n) is 3.32. The lowest BCUT2D eigenvalue weighted by molar-refractivity contribution is 0.317. The van der Waals surface area contributed by atoms with Crippen molar-refractivity contribution in [2.45, 2.75) is 12.3 Å². The van der Waals surface area contributed by atoms with Crippen LogP contribution in [0.3, 0.4) is 0 Å². The third-order valence-corrected chi connectivity index (χ3v) is 4.52. The van der Waals surface area contributed by atoms with E-state index < -0.39 is 0 Å². The molecule has 3 rings (SSSR count). The Morgan fingerprint density at radius 1 is 1.44 bits per heavy atom. The molecule has 2 atom stereocenters. The summed E-state index contributed by atoms with van der Waals surface area (Å²) in [5.41, 5.74) is 2.67. The molecule has 18 heavy (non-hydrogen) atoms. The van der Waals surface area contributed by atoms with Gasteiger partial charge in [-0.1, -0.05) is 11.6 Å². The van der Waals surface area contributed by atoms with Crippen molar-refractivity contribution < 1.29 is 4.74 Å². The SMILES string of the molecule is COc1cc2c(cc1Cl)N(C)CC1CNCCC21. The van der Waals surface area contributed by atoms with Gasteiger partial charge < -0.3 is 15.0 Å². The Kier molecular flexibility index (Phi) is 3.12. The molecule has 0 amide bonds. The number of hydrogen-bond acceptors (Lipinski definition) is 3. The number of anilines is 1. The van der Waals surface area contributed by atoms with Gasteiger partial charge in [-0.2, -0.15) is 0 Å². The summed E-state index contributed by atoms with van der Waals surface area (Å²) < 4.78 is 5.36. The molecule has 4 heteroatoms. The van der Waals surface area contributed by atoms with Gasteiger partial charge in [-0.3, -0.25) is 0 Å². The first-order valence-corrected chi connectivity index (χ1v) is 6.87. The zero-order valence-corrected chi connectivity index (χ0v) is 11.6. The van der Waals surface area contributed by atoms with Crippen molar-refractivity contribution in [3.05, 3.63) is 22.7 Å². The lowest BCUT2D eigenvalue weighted by atomic mass is 9.77. The van der Waals surface area contributed by atoms with E-state index in [1.54, 1.807) is 7.11 Å². The van der Waals surface area contributed by atoms with Gasteiger partial charge in [0.1, 0.15) is 5.75 Å². The number of hydrogen-bond donors (Lipinski definition) is 1. The predicted octanol–water partition coefficient (Wildman–Crippen LogP) is 2.49. The van der Waals surface area contributed by atoms with Crippen LogP contribution in [-0.2, 0) is 0 Å². The van der Waals surface area contributed by atoms with Crippen molar-refractivity contribution in [1.29, 1.82) is 0 Å². The van der Waals surface area contributed by atoms with Gasteiger partial charge in [-0.15, -0.1) is 0 Å². The number of fused-ring (bicyclic) bond motifs is 3. The van der Waals surface area contributed by atoms with Gasteiger partial charge >= 0.3 is 0 Å². The Balaban J connectivity index is 2.08. The summed E-state index contributed by atoms with van der Waals surface area (Å²) in [6.07, 6.45) is 1.20. The van der Waals surface area contributed by atoms with Crippen LogP contribution in [0.5, 0.6) is 5.75 Å². The molecule has 1 saturated heterocycles. The summed E-state index contributed by atoms with van der Waals surface area (Å²) in [5.74, 6) is 2.13. The molecule has 2 heterocycles. The standard InChI is InChI=1S/C14H19ClN2O/c1-17-8-9-7-16-4-3-10(9)11-5-14(18-2)12(15)6-13(11)17/h5-6,9-10,16H,3-4,7-8H2,1-2H3. The van der Waals surface area contributed by atoms with Gasteiger partial charge in [0.2, 0.25) is 0 Å². The van der Waals surface area contributed by atoms with Crippen LogP contribution in [0.4, 0.5) is 5.69 Å². The van der Waals surface area contributed by atoms with Crippen molar-refractivity contribution in [2.75, 3.05) is 38.7 Å². The third-order valence-electron chi connectivity index (χ3n) is 4.23. The Labute approximate surface area is 113 Å². The van der Waals surface area contributed by atoms with Crippen LogP contribution >= 0.6 is 11.6 Å². The molecule has 98 valence electrons. The largest absolute Gasteiger partial charge is 0.495 e. The molecule has 0 aliphatic carbocycles. The number of benzene rings is 1. The molecular weight excluding hydrogens is 248 g/mol. The average Bonchev–Trinajstić information content (AvgIpc) is 2.39. The average molecular weight is 267 g/mol. The van der Waals surface area contributed by atoms with Gasteiger partial charge in [0.15, 0.2) is 0 Å². The van der Waals surface area contributed by atoms with Crippen molar-refractivity contribution in [2.24, 2.45) is 5.92 Å². The molecule has 1 aromatic rings. The Bertz CT molecular complexity index is 463. The fourth-order valence-corrected chi connectivity index (χ4v) is 3.55. The topological polar surface area (TPSA) is 24.5 Å². The minimum atomic E-state index is 0.642. The highest BCUT2D eigenvalue weighted by Gasteiger charge is 2.34. The van der Waals surface area contributed by atoms with Crippen molar-refractivity contribution >= 4 is 17.3 Å². The smallest absolute Gasteiger partial charge is 0.137 e. The van der Waals surface area contributed by atoms with Crippen molar-refractivity contribution in [3.63, 3.8) is 0 Å². The van der Waals surface area contributed by atoms with Crippen molar-refractivity contribution in [1.82, 2.24) is 5.32 Å². The normalized spacial score (nSPS) is 26.5. The van der Waals surface area contributed by atoms with E-state index in [9.17, 15) is 0 Å². The second kappa shape index (κ2) is 4.63. The van der Waals surface area contributed by atoms with Crippen LogP contribution in [0.2, 0.25) is 5.02 Å². The predicted molar refractivity (Wildman–Crippen MR) is 75.0 cm³/mol. The molecule has 1 N–H and O–H groups in total. The van der Waals surface area contributed by atoms with Gasteiger partial charge in [-0.25, -0.2) is 0 Å². The van der Waals surface area contributed by atoms with E-state index in [-0.39, 0.29) is 0 Å². The zero-order valence-electron chi connectivity index (χ0n) is 10.9. The van der Waals surface area contributed by atoms with E-state index in [1.807, 2.05) is 6.07 Å². The zero-order chi connectivity index (χ0) is 12.7. The van der Waals surface area contributed by atoms with Crippen LogP contribution < -0.4 is 15.0 Å². The molecule has 1 aromatic carbocycles. The lowest BCUT2D eigenvalue weighted by Gasteiger charge is -2.42. The molecule has 3 nitrogen and oxygen atoms in total. The molecule has 0 radical (unpaired) electrons. The van der Waals surface area contributed by atoms with Crippen LogP contribution in [0.1, 0.15) is 17.9 Å². The summed E-state index contributed by atoms with van der Waals surface area (Å²) in [6.45, 7) is 3.32. The third kappa shape index (κ3) is 1.86. The summed E-state index contributed by atoms with van der Waals surface area (Å²) in [5, 5.41) is 4.20. The van der Waals surface area contributed by atoms with Gasteiger partial charge in [0, 0.05) is 25.8 Å². The van der Waals surface area contributed by atoms with Gasteiger partial charge in [0.05, 0.1) is 12.1 Å². The summed E-state index contributed by atoms with van der Waals surface area (Å²) in [7, 11) is 3.83. The maximum atomic E-state index is 6.24. The monoisotopic (exact) mass is 266 g/mol. The highest BCUT2D eigenvalue weighted by molar-refractivity contribution is 6.32. The molecule has 2 unspecified atom stereocenters. The molecule has 2 aliphatic rings. The van der Waals surface area contributed by atoms with E-state index in [1.165, 1.54) is 17.7 Å². The Morgan fingerprint density at radius 3 is 3.06 bits per heavy atom. The molecular formula is C14H19ClN2O. The number of piperidine rings is 1. The number of ether oxygens (including phenoxy) is 1. The first-order chi connectivity index (χ1) is 8.70. The quantitative estimate of drug-likeness (QED) is 0.845. The minimum Gasteiger partial charge on any atom is -0.495 e. The second-order valence-corrected chi connectivity index (χ2v) is 5.69. The van der Waals surface area contributed by atoms with E-state index in [2.05, 4.69) is 23.3 Å². The minimum absolute atomic E-state index is 0.642. The maximum Gasteiger partial charge on any atom is 0.137 e. The molecule has 1 fully saturated rings. The summed E-state index contributed by atoms with van der Waals surface area (Å²) in [4.78, 5) is 2.31. The Hall–Kier alpha value is -0.930. The molecule has 2 aliphatic heterocycles. The number of rotatable bonds is 1. The second-order valence-electron chi connectivity index (χ2n) is 5.29. The van der Waals surface area contributed by atoms with E-state index >= 15 is 0 Å². The Morgan fingerprint density at radius 2 is 2.28 bits per heavy atom. The van der Waals surface area contributed by atoms with Crippen molar-refractivity contribution in [3.8, 4) is 5.75 Å². The van der Waals surface area contributed by atoms with Gasteiger partial charge in [-0.05, 0) is 42.5 Å². The highest BCUT2D eigenvalue weighted by atomic mass is 35.5. The fraction of sp³-hybridized carbons (Fsp3) is 0.571. The van der Waals surface area contributed by atoms with E-state index in [0.717, 1.165) is 25.4 Å². The molecule has 0 saturated carbocycles. The molecule has 0 bridgehead atoms. The van der Waals surface area contributed by atoms with Crippen LogP contribution in [0.25, 0.3) is 0 Å². The first-order valence-electron chi connectivity index (χ1n) is 6.50. The van der Waals surface area contributed by atoms with Crippen LogP contribution in [0.15, 0.2) is 12.1 Å². The lowest BCUT2D eigenvalue weighted by Crippen LogP contribution is -2.44. The number of halogens is 1.